The lowest BCUT2D eigenvalue weighted by Gasteiger charge is -2.06. The van der Waals surface area contributed by atoms with Crippen molar-refractivity contribution in [1.82, 2.24) is 9.78 Å². The van der Waals surface area contributed by atoms with Crippen molar-refractivity contribution in [3.8, 4) is 0 Å². The fourth-order valence-electron chi connectivity index (χ4n) is 1.35. The Bertz CT molecular complexity index is 535. The van der Waals surface area contributed by atoms with Crippen molar-refractivity contribution in [2.24, 2.45) is 0 Å². The van der Waals surface area contributed by atoms with Gasteiger partial charge in [0.1, 0.15) is 10.2 Å². The third-order valence-corrected chi connectivity index (χ3v) is 3.34. The lowest BCUT2D eigenvalue weighted by Crippen LogP contribution is -2.19. The predicted octanol–water partition coefficient (Wildman–Crippen LogP) is 3.86. The third-order valence-electron chi connectivity index (χ3n) is 1.97. The number of aromatic nitrogens is 2. The van der Waals surface area contributed by atoms with Gasteiger partial charge in [-0.2, -0.15) is 18.3 Å². The highest BCUT2D eigenvalue weighted by molar-refractivity contribution is 14.1. The van der Waals surface area contributed by atoms with Crippen LogP contribution in [0.3, 0.4) is 0 Å². The Labute approximate surface area is 108 Å². The van der Waals surface area contributed by atoms with Gasteiger partial charge < -0.3 is 0 Å². The first-order chi connectivity index (χ1) is 7.37. The molecular formula is C9H5ClF3IN2. The van der Waals surface area contributed by atoms with E-state index < -0.39 is 12.7 Å². The molecule has 1 aromatic carbocycles. The summed E-state index contributed by atoms with van der Waals surface area (Å²) in [6, 6.07) is 4.84. The van der Waals surface area contributed by atoms with Crippen LogP contribution in [0.5, 0.6) is 0 Å². The molecule has 0 saturated heterocycles. The maximum atomic E-state index is 12.2. The van der Waals surface area contributed by atoms with Gasteiger partial charge in [-0.05, 0) is 40.8 Å². The molecule has 0 amide bonds. The van der Waals surface area contributed by atoms with Gasteiger partial charge in [0, 0.05) is 10.4 Å². The Balaban J connectivity index is 2.52. The Morgan fingerprint density at radius 1 is 1.38 bits per heavy atom. The lowest BCUT2D eigenvalue weighted by molar-refractivity contribution is -0.142. The molecule has 7 heteroatoms. The minimum absolute atomic E-state index is 0.459. The van der Waals surface area contributed by atoms with Crippen LogP contribution in [0.2, 0.25) is 5.02 Å². The van der Waals surface area contributed by atoms with Crippen LogP contribution in [0.1, 0.15) is 0 Å². The van der Waals surface area contributed by atoms with Gasteiger partial charge in [-0.1, -0.05) is 11.6 Å². The Hall–Kier alpha value is -0.500. The van der Waals surface area contributed by atoms with Crippen molar-refractivity contribution in [1.29, 1.82) is 0 Å². The smallest absolute Gasteiger partial charge is 0.249 e. The van der Waals surface area contributed by atoms with Crippen LogP contribution in [0, 0.1) is 3.70 Å². The van der Waals surface area contributed by atoms with Crippen molar-refractivity contribution in [2.45, 2.75) is 12.7 Å². The highest BCUT2D eigenvalue weighted by Crippen LogP contribution is 2.26. The zero-order valence-electron chi connectivity index (χ0n) is 7.72. The number of halogens is 5. The van der Waals surface area contributed by atoms with Crippen LogP contribution in [-0.4, -0.2) is 16.0 Å². The molecule has 0 fully saturated rings. The van der Waals surface area contributed by atoms with E-state index in [1.807, 2.05) is 22.6 Å². The molecule has 2 rings (SSSR count). The second kappa shape index (κ2) is 4.06. The summed E-state index contributed by atoms with van der Waals surface area (Å²) in [6.07, 6.45) is -4.27. The van der Waals surface area contributed by atoms with Crippen molar-refractivity contribution >= 4 is 45.1 Å². The Morgan fingerprint density at radius 2 is 2.06 bits per heavy atom. The molecule has 16 heavy (non-hydrogen) atoms. The van der Waals surface area contributed by atoms with Gasteiger partial charge in [-0.3, -0.25) is 0 Å². The quantitative estimate of drug-likeness (QED) is 0.706. The minimum Gasteiger partial charge on any atom is -0.249 e. The predicted molar refractivity (Wildman–Crippen MR) is 63.5 cm³/mol. The summed E-state index contributed by atoms with van der Waals surface area (Å²) >= 11 is 7.58. The van der Waals surface area contributed by atoms with Gasteiger partial charge in [-0.25, -0.2) is 4.68 Å². The van der Waals surface area contributed by atoms with Gasteiger partial charge in [0.15, 0.2) is 0 Å². The second-order valence-corrected chi connectivity index (χ2v) is 4.68. The summed E-state index contributed by atoms with van der Waals surface area (Å²) in [5, 5.41) is 5.00. The zero-order chi connectivity index (χ0) is 11.9. The van der Waals surface area contributed by atoms with Crippen molar-refractivity contribution in [3.63, 3.8) is 0 Å². The fourth-order valence-corrected chi connectivity index (χ4v) is 2.25. The van der Waals surface area contributed by atoms with E-state index in [1.165, 1.54) is 0 Å². The molecule has 86 valence electrons. The summed E-state index contributed by atoms with van der Waals surface area (Å²) < 4.78 is 38.1. The zero-order valence-corrected chi connectivity index (χ0v) is 10.6. The maximum absolute atomic E-state index is 12.2. The van der Waals surface area contributed by atoms with E-state index in [9.17, 15) is 13.2 Å². The van der Waals surface area contributed by atoms with Gasteiger partial charge >= 0.3 is 6.18 Å². The Kier molecular flexibility index (Phi) is 3.04. The van der Waals surface area contributed by atoms with Crippen LogP contribution in [0.4, 0.5) is 13.2 Å². The van der Waals surface area contributed by atoms with E-state index in [0.717, 1.165) is 4.68 Å². The topological polar surface area (TPSA) is 17.8 Å². The molecule has 0 atom stereocenters. The van der Waals surface area contributed by atoms with Crippen molar-refractivity contribution in [3.05, 3.63) is 26.9 Å². The first-order valence-corrected chi connectivity index (χ1v) is 5.71. The molecule has 1 heterocycles. The molecule has 0 spiro atoms. The molecule has 0 saturated carbocycles. The fraction of sp³-hybridized carbons (Fsp3) is 0.222. The number of hydrogen-bond acceptors (Lipinski definition) is 1. The van der Waals surface area contributed by atoms with Gasteiger partial charge in [0.05, 0.1) is 5.52 Å². The van der Waals surface area contributed by atoms with Crippen molar-refractivity contribution < 1.29 is 13.2 Å². The van der Waals surface area contributed by atoms with Gasteiger partial charge in [0.25, 0.3) is 0 Å². The number of hydrogen-bond donors (Lipinski definition) is 0. The van der Waals surface area contributed by atoms with E-state index in [1.54, 1.807) is 18.2 Å². The molecule has 0 bridgehead atoms. The van der Waals surface area contributed by atoms with E-state index in [4.69, 9.17) is 11.6 Å². The molecule has 0 unspecified atom stereocenters. The summed E-state index contributed by atoms with van der Waals surface area (Å²) in [7, 11) is 0. The molecule has 0 N–H and O–H groups in total. The van der Waals surface area contributed by atoms with Crippen LogP contribution >= 0.6 is 34.2 Å². The Morgan fingerprint density at radius 3 is 2.69 bits per heavy atom. The highest BCUT2D eigenvalue weighted by atomic mass is 127. The van der Waals surface area contributed by atoms with Crippen LogP contribution in [-0.2, 0) is 6.54 Å². The number of rotatable bonds is 1. The van der Waals surface area contributed by atoms with E-state index in [0.29, 0.717) is 19.6 Å². The molecule has 1 aromatic heterocycles. The lowest BCUT2D eigenvalue weighted by atomic mass is 10.3. The summed E-state index contributed by atoms with van der Waals surface area (Å²) in [5.74, 6) is 0. The van der Waals surface area contributed by atoms with E-state index >= 15 is 0 Å². The first-order valence-electron chi connectivity index (χ1n) is 4.25. The summed E-state index contributed by atoms with van der Waals surface area (Å²) in [6.45, 7) is -1.09. The maximum Gasteiger partial charge on any atom is 0.408 e. The van der Waals surface area contributed by atoms with Crippen LogP contribution in [0.15, 0.2) is 18.2 Å². The van der Waals surface area contributed by atoms with Gasteiger partial charge in [-0.15, -0.1) is 0 Å². The molecule has 2 aromatic rings. The average Bonchev–Trinajstić information content (AvgIpc) is 2.40. The highest BCUT2D eigenvalue weighted by Gasteiger charge is 2.29. The van der Waals surface area contributed by atoms with E-state index in [-0.39, 0.29) is 0 Å². The van der Waals surface area contributed by atoms with Crippen LogP contribution in [0.25, 0.3) is 10.9 Å². The number of alkyl halides is 3. The number of nitrogens with zero attached hydrogens (tertiary/aromatic N) is 2. The number of benzene rings is 1. The van der Waals surface area contributed by atoms with Crippen molar-refractivity contribution in [2.75, 3.05) is 0 Å². The first kappa shape index (κ1) is 12.0. The standard InChI is InChI=1S/C9H5ClF3IN2/c10-5-1-2-6-7(3-5)15-16(8(6)14)4-9(11,12)13/h1-3H,4H2. The molecule has 0 aliphatic carbocycles. The minimum atomic E-state index is -4.27. The molecule has 0 radical (unpaired) electrons. The molecular weight excluding hydrogens is 355 g/mol. The summed E-state index contributed by atoms with van der Waals surface area (Å²) in [4.78, 5) is 0. The normalized spacial score (nSPS) is 12.3. The van der Waals surface area contributed by atoms with Crippen LogP contribution < -0.4 is 0 Å². The largest absolute Gasteiger partial charge is 0.408 e. The average molecular weight is 361 g/mol. The SMILES string of the molecule is FC(F)(F)Cn1nc2cc(Cl)ccc2c1I. The summed E-state index contributed by atoms with van der Waals surface area (Å²) in [5.41, 5.74) is 0.473. The molecule has 0 aliphatic heterocycles. The van der Waals surface area contributed by atoms with E-state index in [2.05, 4.69) is 5.10 Å². The number of fused-ring (bicyclic) bond motifs is 1. The monoisotopic (exact) mass is 360 g/mol. The molecule has 2 nitrogen and oxygen atoms in total. The van der Waals surface area contributed by atoms with Gasteiger partial charge in [0.2, 0.25) is 0 Å². The second-order valence-electron chi connectivity index (χ2n) is 3.23. The molecule has 0 aliphatic rings. The third kappa shape index (κ3) is 2.42.